The topological polar surface area (TPSA) is 64.9 Å². The SMILES string of the molecule is COCc1nc2n(n1)CC(Nc1ccnc3c(C)cccc13)CC2. The second-order valence-electron chi connectivity index (χ2n) is 6.27. The van der Waals surface area contributed by atoms with E-state index in [0.29, 0.717) is 12.6 Å². The van der Waals surface area contributed by atoms with Gasteiger partial charge in [0.1, 0.15) is 12.4 Å². The average molecular weight is 323 g/mol. The number of rotatable bonds is 4. The van der Waals surface area contributed by atoms with Crippen molar-refractivity contribution >= 4 is 16.6 Å². The van der Waals surface area contributed by atoms with E-state index < -0.39 is 0 Å². The lowest BCUT2D eigenvalue weighted by atomic mass is 10.1. The van der Waals surface area contributed by atoms with Crippen LogP contribution in [0.5, 0.6) is 0 Å². The number of anilines is 1. The van der Waals surface area contributed by atoms with Crippen LogP contribution in [0.1, 0.15) is 23.6 Å². The van der Waals surface area contributed by atoms with Gasteiger partial charge in [0.25, 0.3) is 0 Å². The molecule has 4 rings (SSSR count). The zero-order valence-electron chi connectivity index (χ0n) is 14.0. The predicted molar refractivity (Wildman–Crippen MR) is 92.9 cm³/mol. The first-order valence-corrected chi connectivity index (χ1v) is 8.27. The minimum absolute atomic E-state index is 0.334. The van der Waals surface area contributed by atoms with E-state index in [2.05, 4.69) is 51.6 Å². The maximum Gasteiger partial charge on any atom is 0.176 e. The van der Waals surface area contributed by atoms with Crippen molar-refractivity contribution in [2.45, 2.75) is 39.0 Å². The second-order valence-corrected chi connectivity index (χ2v) is 6.27. The molecular weight excluding hydrogens is 302 g/mol. The van der Waals surface area contributed by atoms with Crippen LogP contribution in [0, 0.1) is 6.92 Å². The van der Waals surface area contributed by atoms with Crippen molar-refractivity contribution in [2.75, 3.05) is 12.4 Å². The molecule has 0 radical (unpaired) electrons. The van der Waals surface area contributed by atoms with Crippen LogP contribution in [0.2, 0.25) is 0 Å². The smallest absolute Gasteiger partial charge is 0.176 e. The highest BCUT2D eigenvalue weighted by Crippen LogP contribution is 2.26. The Labute approximate surface area is 140 Å². The fourth-order valence-corrected chi connectivity index (χ4v) is 3.34. The van der Waals surface area contributed by atoms with Crippen molar-refractivity contribution in [1.29, 1.82) is 0 Å². The minimum atomic E-state index is 0.334. The van der Waals surface area contributed by atoms with Gasteiger partial charge in [0, 0.05) is 36.8 Å². The minimum Gasteiger partial charge on any atom is -0.380 e. The van der Waals surface area contributed by atoms with Gasteiger partial charge in [0.2, 0.25) is 0 Å². The van der Waals surface area contributed by atoms with Crippen LogP contribution in [0.15, 0.2) is 30.5 Å². The lowest BCUT2D eigenvalue weighted by Gasteiger charge is -2.25. The van der Waals surface area contributed by atoms with Gasteiger partial charge in [-0.15, -0.1) is 0 Å². The van der Waals surface area contributed by atoms with Crippen molar-refractivity contribution in [3.63, 3.8) is 0 Å². The zero-order valence-corrected chi connectivity index (χ0v) is 14.0. The molecular formula is C18H21N5O. The fraction of sp³-hybridized carbons (Fsp3) is 0.389. The third-order valence-electron chi connectivity index (χ3n) is 4.51. The summed E-state index contributed by atoms with van der Waals surface area (Å²) in [6, 6.07) is 8.68. The maximum atomic E-state index is 5.13. The summed E-state index contributed by atoms with van der Waals surface area (Å²) in [4.78, 5) is 9.05. The van der Waals surface area contributed by atoms with Crippen LogP contribution in [0.4, 0.5) is 5.69 Å². The molecule has 1 unspecified atom stereocenters. The molecule has 1 atom stereocenters. The average Bonchev–Trinajstić information content (AvgIpc) is 2.98. The number of fused-ring (bicyclic) bond motifs is 2. The van der Waals surface area contributed by atoms with Crippen LogP contribution in [0.25, 0.3) is 10.9 Å². The highest BCUT2D eigenvalue weighted by molar-refractivity contribution is 5.92. The highest BCUT2D eigenvalue weighted by Gasteiger charge is 2.22. The number of para-hydroxylation sites is 1. The number of hydrogen-bond donors (Lipinski definition) is 1. The molecule has 6 nitrogen and oxygen atoms in total. The van der Waals surface area contributed by atoms with Gasteiger partial charge in [-0.3, -0.25) is 4.98 Å². The Kier molecular flexibility index (Phi) is 3.90. The number of aromatic nitrogens is 4. The lowest BCUT2D eigenvalue weighted by Crippen LogP contribution is -2.32. The Balaban J connectivity index is 1.57. The summed E-state index contributed by atoms with van der Waals surface area (Å²) in [6.07, 6.45) is 3.84. The van der Waals surface area contributed by atoms with Gasteiger partial charge >= 0.3 is 0 Å². The zero-order chi connectivity index (χ0) is 16.5. The molecule has 1 N–H and O–H groups in total. The van der Waals surface area contributed by atoms with Gasteiger partial charge in [-0.25, -0.2) is 9.67 Å². The van der Waals surface area contributed by atoms with Gasteiger partial charge in [0.15, 0.2) is 5.82 Å². The molecule has 0 bridgehead atoms. The van der Waals surface area contributed by atoms with Gasteiger partial charge in [-0.05, 0) is 25.0 Å². The number of benzene rings is 1. The van der Waals surface area contributed by atoms with Gasteiger partial charge < -0.3 is 10.1 Å². The van der Waals surface area contributed by atoms with Crippen molar-refractivity contribution in [3.8, 4) is 0 Å². The maximum absolute atomic E-state index is 5.13. The Morgan fingerprint density at radius 2 is 2.25 bits per heavy atom. The summed E-state index contributed by atoms with van der Waals surface area (Å²) in [5, 5.41) is 9.38. The number of pyridine rings is 1. The number of aryl methyl sites for hydroxylation is 2. The van der Waals surface area contributed by atoms with Crippen LogP contribution in [-0.2, 0) is 24.3 Å². The van der Waals surface area contributed by atoms with Gasteiger partial charge in [0.05, 0.1) is 12.1 Å². The highest BCUT2D eigenvalue weighted by atomic mass is 16.5. The Morgan fingerprint density at radius 1 is 1.33 bits per heavy atom. The van der Waals surface area contributed by atoms with Crippen molar-refractivity contribution < 1.29 is 4.74 Å². The van der Waals surface area contributed by atoms with Gasteiger partial charge in [-0.2, -0.15) is 5.10 Å². The first-order chi connectivity index (χ1) is 11.7. The molecule has 0 spiro atoms. The number of nitrogens with one attached hydrogen (secondary N) is 1. The molecule has 1 aliphatic heterocycles. The molecule has 0 fully saturated rings. The number of hydrogen-bond acceptors (Lipinski definition) is 5. The summed E-state index contributed by atoms with van der Waals surface area (Å²) >= 11 is 0. The molecule has 3 aromatic rings. The molecule has 2 aromatic heterocycles. The normalized spacial score (nSPS) is 17.0. The van der Waals surface area contributed by atoms with E-state index in [9.17, 15) is 0 Å². The largest absolute Gasteiger partial charge is 0.380 e. The summed E-state index contributed by atoms with van der Waals surface area (Å²) < 4.78 is 7.13. The standard InChI is InChI=1S/C18H21N5O/c1-12-4-3-5-14-15(8-9-19-18(12)14)20-13-6-7-17-21-16(11-24-2)22-23(17)10-13/h3-5,8-9,13H,6-7,10-11H2,1-2H3,(H,19,20). The van der Waals surface area contributed by atoms with Crippen LogP contribution in [0.3, 0.4) is 0 Å². The van der Waals surface area contributed by atoms with Crippen LogP contribution < -0.4 is 5.32 Å². The third-order valence-corrected chi connectivity index (χ3v) is 4.51. The van der Waals surface area contributed by atoms with Crippen molar-refractivity contribution in [1.82, 2.24) is 19.7 Å². The molecule has 1 aromatic carbocycles. The molecule has 0 amide bonds. The summed E-state index contributed by atoms with van der Waals surface area (Å²) in [5.41, 5.74) is 3.39. The molecule has 124 valence electrons. The van der Waals surface area contributed by atoms with E-state index >= 15 is 0 Å². The van der Waals surface area contributed by atoms with E-state index in [0.717, 1.165) is 42.2 Å². The molecule has 1 aliphatic rings. The molecule has 6 heteroatoms. The fourth-order valence-electron chi connectivity index (χ4n) is 3.34. The molecule has 24 heavy (non-hydrogen) atoms. The number of ether oxygens (including phenoxy) is 1. The summed E-state index contributed by atoms with van der Waals surface area (Å²) in [5.74, 6) is 1.81. The van der Waals surface area contributed by atoms with Crippen molar-refractivity contribution in [3.05, 3.63) is 47.7 Å². The number of nitrogens with zero attached hydrogens (tertiary/aromatic N) is 4. The third kappa shape index (κ3) is 2.73. The van der Waals surface area contributed by atoms with Crippen LogP contribution >= 0.6 is 0 Å². The lowest BCUT2D eigenvalue weighted by molar-refractivity contribution is 0.177. The van der Waals surface area contributed by atoms with E-state index in [-0.39, 0.29) is 0 Å². The van der Waals surface area contributed by atoms with E-state index in [1.165, 1.54) is 10.9 Å². The molecule has 0 saturated carbocycles. The molecule has 0 saturated heterocycles. The van der Waals surface area contributed by atoms with Crippen LogP contribution in [-0.4, -0.2) is 32.9 Å². The summed E-state index contributed by atoms with van der Waals surface area (Å²) in [7, 11) is 1.67. The second kappa shape index (κ2) is 6.20. The van der Waals surface area contributed by atoms with Crippen molar-refractivity contribution in [2.24, 2.45) is 0 Å². The van der Waals surface area contributed by atoms with E-state index in [1.54, 1.807) is 7.11 Å². The first-order valence-electron chi connectivity index (χ1n) is 8.27. The van der Waals surface area contributed by atoms with E-state index in [1.807, 2.05) is 10.9 Å². The number of methoxy groups -OCH3 is 1. The Hall–Kier alpha value is -2.47. The Morgan fingerprint density at radius 3 is 3.12 bits per heavy atom. The quantitative estimate of drug-likeness (QED) is 0.800. The summed E-state index contributed by atoms with van der Waals surface area (Å²) in [6.45, 7) is 3.38. The Bertz CT molecular complexity index is 873. The first kappa shape index (κ1) is 15.1. The van der Waals surface area contributed by atoms with E-state index in [4.69, 9.17) is 4.74 Å². The molecule has 0 aliphatic carbocycles. The monoisotopic (exact) mass is 323 g/mol. The predicted octanol–water partition coefficient (Wildman–Crippen LogP) is 2.71. The molecule has 3 heterocycles. The van der Waals surface area contributed by atoms with Gasteiger partial charge in [-0.1, -0.05) is 18.2 Å².